The number of hydrogen-bond donors (Lipinski definition) is 3. The molecule has 4 unspecified atom stereocenters. The Hall–Kier alpha value is -0.810. The maximum absolute atomic E-state index is 9.88. The second kappa shape index (κ2) is 6.13. The fourth-order valence-corrected chi connectivity index (χ4v) is 3.57. The number of methoxy groups -OCH3 is 1. The summed E-state index contributed by atoms with van der Waals surface area (Å²) in [5.74, 6) is 1.17. The van der Waals surface area contributed by atoms with Crippen LogP contribution >= 0.6 is 0 Å². The number of aliphatic hydroxyl groups is 1. The molecule has 0 heterocycles. The summed E-state index contributed by atoms with van der Waals surface area (Å²) in [6.45, 7) is 7.41. The molecular weight excluding hydrogens is 266 g/mol. The maximum atomic E-state index is 9.88. The lowest BCUT2D eigenvalue weighted by Crippen LogP contribution is -2.69. The van der Waals surface area contributed by atoms with Gasteiger partial charge in [-0.15, -0.1) is 0 Å². The smallest absolute Gasteiger partial charge is 0.191 e. The van der Waals surface area contributed by atoms with Crippen molar-refractivity contribution < 1.29 is 9.84 Å². The molecule has 2 saturated carbocycles. The minimum absolute atomic E-state index is 0.0617. The molecule has 0 spiro atoms. The van der Waals surface area contributed by atoms with E-state index in [1.54, 1.807) is 14.2 Å². The van der Waals surface area contributed by atoms with Crippen molar-refractivity contribution in [3.63, 3.8) is 0 Å². The first-order valence-corrected chi connectivity index (χ1v) is 8.04. The summed E-state index contributed by atoms with van der Waals surface area (Å²) in [4.78, 5) is 4.31. The van der Waals surface area contributed by atoms with Gasteiger partial charge in [0.2, 0.25) is 0 Å². The maximum Gasteiger partial charge on any atom is 0.191 e. The van der Waals surface area contributed by atoms with Crippen LogP contribution in [0.15, 0.2) is 4.99 Å². The number of nitrogens with one attached hydrogen (secondary N) is 2. The molecule has 4 atom stereocenters. The third-order valence-electron chi connectivity index (χ3n) is 5.96. The first kappa shape index (κ1) is 16.6. The lowest BCUT2D eigenvalue weighted by Gasteiger charge is -2.59. The number of guanidine groups is 1. The molecule has 2 aliphatic carbocycles. The van der Waals surface area contributed by atoms with Crippen LogP contribution in [0.5, 0.6) is 0 Å². The van der Waals surface area contributed by atoms with Gasteiger partial charge < -0.3 is 20.5 Å². The summed E-state index contributed by atoms with van der Waals surface area (Å²) < 4.78 is 5.66. The van der Waals surface area contributed by atoms with E-state index < -0.39 is 0 Å². The summed E-state index contributed by atoms with van der Waals surface area (Å²) in [6.07, 6.45) is 3.97. The normalized spacial score (nSPS) is 39.0. The van der Waals surface area contributed by atoms with E-state index in [1.807, 2.05) is 0 Å². The van der Waals surface area contributed by atoms with E-state index in [9.17, 15) is 5.11 Å². The van der Waals surface area contributed by atoms with Crippen molar-refractivity contribution in [1.29, 1.82) is 0 Å². The zero-order valence-electron chi connectivity index (χ0n) is 14.1. The Morgan fingerprint density at radius 3 is 2.52 bits per heavy atom. The first-order valence-electron chi connectivity index (χ1n) is 8.04. The molecular formula is C16H31N3O2. The predicted octanol–water partition coefficient (Wildman–Crippen LogP) is 1.52. The van der Waals surface area contributed by atoms with Gasteiger partial charge >= 0.3 is 0 Å². The summed E-state index contributed by atoms with van der Waals surface area (Å²) >= 11 is 0. The van der Waals surface area contributed by atoms with E-state index in [4.69, 9.17) is 4.74 Å². The minimum atomic E-state index is -0.160. The van der Waals surface area contributed by atoms with Crippen LogP contribution in [0.2, 0.25) is 0 Å². The number of hydrogen-bond acceptors (Lipinski definition) is 3. The van der Waals surface area contributed by atoms with Crippen molar-refractivity contribution in [1.82, 2.24) is 10.6 Å². The lowest BCUT2D eigenvalue weighted by molar-refractivity contribution is -0.176. The number of aliphatic imine (C=N–C) groups is 1. The molecule has 122 valence electrons. The second-order valence-corrected chi connectivity index (χ2v) is 7.27. The Morgan fingerprint density at radius 1 is 1.33 bits per heavy atom. The Balaban J connectivity index is 1.84. The molecule has 21 heavy (non-hydrogen) atoms. The van der Waals surface area contributed by atoms with Gasteiger partial charge in [0.05, 0.1) is 11.7 Å². The van der Waals surface area contributed by atoms with Crippen LogP contribution in [-0.4, -0.2) is 49.5 Å². The molecule has 5 heteroatoms. The second-order valence-electron chi connectivity index (χ2n) is 7.27. The van der Waals surface area contributed by atoms with Gasteiger partial charge in [0.25, 0.3) is 0 Å². The number of rotatable bonds is 4. The zero-order valence-corrected chi connectivity index (χ0v) is 14.1. The Bertz CT molecular complexity index is 397. The van der Waals surface area contributed by atoms with Crippen molar-refractivity contribution >= 4 is 5.96 Å². The molecule has 0 radical (unpaired) electrons. The highest BCUT2D eigenvalue weighted by Gasteiger charge is 2.58. The monoisotopic (exact) mass is 297 g/mol. The Kier molecular flexibility index (Phi) is 4.83. The highest BCUT2D eigenvalue weighted by molar-refractivity contribution is 5.80. The molecule has 0 bridgehead atoms. The zero-order chi connectivity index (χ0) is 15.7. The van der Waals surface area contributed by atoms with Crippen LogP contribution in [-0.2, 0) is 4.74 Å². The van der Waals surface area contributed by atoms with Crippen LogP contribution in [0.25, 0.3) is 0 Å². The summed E-state index contributed by atoms with van der Waals surface area (Å²) in [7, 11) is 3.58. The van der Waals surface area contributed by atoms with E-state index in [0.717, 1.165) is 38.2 Å². The Labute approximate surface area is 128 Å². The SMILES string of the molecule is CN=C(NCC1CCCC1O)NC1CC(C)(OC)C1(C)C. The minimum Gasteiger partial charge on any atom is -0.393 e. The molecule has 0 amide bonds. The van der Waals surface area contributed by atoms with Crippen molar-refractivity contribution in [2.45, 2.75) is 64.2 Å². The van der Waals surface area contributed by atoms with Gasteiger partial charge in [-0.2, -0.15) is 0 Å². The number of nitrogens with zero attached hydrogens (tertiary/aromatic N) is 1. The van der Waals surface area contributed by atoms with E-state index in [-0.39, 0.29) is 17.1 Å². The molecule has 0 aromatic rings. The lowest BCUT2D eigenvalue weighted by atomic mass is 9.56. The molecule has 5 nitrogen and oxygen atoms in total. The van der Waals surface area contributed by atoms with E-state index in [0.29, 0.717) is 12.0 Å². The van der Waals surface area contributed by atoms with Crippen LogP contribution in [0, 0.1) is 11.3 Å². The van der Waals surface area contributed by atoms with Crippen molar-refractivity contribution in [2.75, 3.05) is 20.7 Å². The van der Waals surface area contributed by atoms with Crippen molar-refractivity contribution in [2.24, 2.45) is 16.3 Å². The van der Waals surface area contributed by atoms with Gasteiger partial charge in [-0.3, -0.25) is 4.99 Å². The van der Waals surface area contributed by atoms with Gasteiger partial charge in [0, 0.05) is 38.1 Å². The van der Waals surface area contributed by atoms with Gasteiger partial charge in [0.1, 0.15) is 0 Å². The Morgan fingerprint density at radius 2 is 2.05 bits per heavy atom. The van der Waals surface area contributed by atoms with Gasteiger partial charge in [-0.05, 0) is 26.2 Å². The number of ether oxygens (including phenoxy) is 1. The molecule has 0 saturated heterocycles. The third kappa shape index (κ3) is 3.04. The molecule has 0 aromatic carbocycles. The first-order chi connectivity index (χ1) is 9.84. The summed E-state index contributed by atoms with van der Waals surface area (Å²) in [6, 6.07) is 0.349. The largest absolute Gasteiger partial charge is 0.393 e. The fourth-order valence-electron chi connectivity index (χ4n) is 3.57. The summed E-state index contributed by atoms with van der Waals surface area (Å²) in [5.41, 5.74) is -0.0165. The van der Waals surface area contributed by atoms with Gasteiger partial charge in [0.15, 0.2) is 5.96 Å². The van der Waals surface area contributed by atoms with Crippen LogP contribution < -0.4 is 10.6 Å². The highest BCUT2D eigenvalue weighted by atomic mass is 16.5. The topological polar surface area (TPSA) is 65.9 Å². The highest BCUT2D eigenvalue weighted by Crippen LogP contribution is 2.51. The van der Waals surface area contributed by atoms with Crippen LogP contribution in [0.3, 0.4) is 0 Å². The third-order valence-corrected chi connectivity index (χ3v) is 5.96. The van der Waals surface area contributed by atoms with Gasteiger partial charge in [-0.25, -0.2) is 0 Å². The molecule has 2 fully saturated rings. The average molecular weight is 297 g/mol. The average Bonchev–Trinajstić information content (AvgIpc) is 2.87. The van der Waals surface area contributed by atoms with E-state index in [1.165, 1.54) is 0 Å². The van der Waals surface area contributed by atoms with E-state index >= 15 is 0 Å². The molecule has 3 N–H and O–H groups in total. The standard InChI is InChI=1S/C16H31N3O2/c1-15(2)13(9-16(15,3)21-5)19-14(17-4)18-10-11-7-6-8-12(11)20/h11-13,20H,6-10H2,1-5H3,(H2,17,18,19). The molecule has 0 aliphatic heterocycles. The molecule has 0 aromatic heterocycles. The van der Waals surface area contributed by atoms with E-state index in [2.05, 4.69) is 36.4 Å². The molecule has 2 aliphatic rings. The van der Waals surface area contributed by atoms with Gasteiger partial charge in [-0.1, -0.05) is 20.3 Å². The quantitative estimate of drug-likeness (QED) is 0.544. The number of aliphatic hydroxyl groups excluding tert-OH is 1. The van der Waals surface area contributed by atoms with Crippen molar-refractivity contribution in [3.8, 4) is 0 Å². The fraction of sp³-hybridized carbons (Fsp3) is 0.938. The van der Waals surface area contributed by atoms with Crippen molar-refractivity contribution in [3.05, 3.63) is 0 Å². The summed E-state index contributed by atoms with van der Waals surface area (Å²) in [5, 5.41) is 16.7. The van der Waals surface area contributed by atoms with Crippen LogP contribution in [0.1, 0.15) is 46.5 Å². The predicted molar refractivity (Wildman–Crippen MR) is 85.4 cm³/mol. The van der Waals surface area contributed by atoms with Crippen LogP contribution in [0.4, 0.5) is 0 Å². The molecule has 2 rings (SSSR count).